The average molecular weight is 491 g/mol. The van der Waals surface area contributed by atoms with Crippen LogP contribution in [-0.4, -0.2) is 44.3 Å². The molecule has 186 valence electrons. The number of carbonyl (C=O) groups excluding carboxylic acids is 3. The smallest absolute Gasteiger partial charge is 0.329 e. The van der Waals surface area contributed by atoms with E-state index in [1.807, 2.05) is 6.92 Å². The lowest BCUT2D eigenvalue weighted by Gasteiger charge is -2.09. The van der Waals surface area contributed by atoms with Gasteiger partial charge in [-0.1, -0.05) is 6.07 Å². The van der Waals surface area contributed by atoms with E-state index in [1.165, 1.54) is 13.3 Å². The third-order valence-electron chi connectivity index (χ3n) is 4.61. The van der Waals surface area contributed by atoms with Crippen LogP contribution >= 0.6 is 0 Å². The van der Waals surface area contributed by atoms with Gasteiger partial charge in [0.05, 0.1) is 19.9 Å². The SMILES string of the molecule is CCOc1ccc(NC(=O)COc2ccc(/C=N\NC(=O)C(=O)Nc3cccc(OC)c3)cc2)cc1. The summed E-state index contributed by atoms with van der Waals surface area (Å²) in [6.07, 6.45) is 1.37. The molecular weight excluding hydrogens is 464 g/mol. The van der Waals surface area contributed by atoms with Gasteiger partial charge in [-0.2, -0.15) is 5.10 Å². The second-order valence-electron chi connectivity index (χ2n) is 7.25. The highest BCUT2D eigenvalue weighted by Crippen LogP contribution is 2.17. The lowest BCUT2D eigenvalue weighted by atomic mass is 10.2. The number of nitrogens with zero attached hydrogens (tertiary/aromatic N) is 1. The molecule has 0 aliphatic heterocycles. The van der Waals surface area contributed by atoms with Crippen LogP contribution in [0.15, 0.2) is 77.9 Å². The Balaban J connectivity index is 1.41. The standard InChI is InChI=1S/C26H26N4O6/c1-3-35-21-13-9-19(10-14-21)28-24(31)17-36-22-11-7-18(8-12-22)16-27-30-26(33)25(32)29-20-5-4-6-23(15-20)34-2/h4-16H,3,17H2,1-2H3,(H,28,31)(H,29,32)(H,30,33)/b27-16-. The highest BCUT2D eigenvalue weighted by atomic mass is 16.5. The number of rotatable bonds is 10. The van der Waals surface area contributed by atoms with E-state index >= 15 is 0 Å². The summed E-state index contributed by atoms with van der Waals surface area (Å²) in [5.74, 6) is -0.339. The molecule has 3 rings (SSSR count). The number of nitrogens with one attached hydrogen (secondary N) is 3. The van der Waals surface area contributed by atoms with Crippen molar-refractivity contribution in [1.82, 2.24) is 5.43 Å². The third-order valence-corrected chi connectivity index (χ3v) is 4.61. The van der Waals surface area contributed by atoms with Crippen molar-refractivity contribution in [3.8, 4) is 17.2 Å². The zero-order valence-electron chi connectivity index (χ0n) is 19.8. The molecule has 0 unspecified atom stereocenters. The number of hydrogen-bond donors (Lipinski definition) is 3. The summed E-state index contributed by atoms with van der Waals surface area (Å²) in [5, 5.41) is 8.98. The molecule has 0 spiro atoms. The highest BCUT2D eigenvalue weighted by molar-refractivity contribution is 6.39. The van der Waals surface area contributed by atoms with Crippen molar-refractivity contribution < 1.29 is 28.6 Å². The van der Waals surface area contributed by atoms with Gasteiger partial charge in [0.2, 0.25) is 0 Å². The first kappa shape index (κ1) is 25.8. The largest absolute Gasteiger partial charge is 0.497 e. The fraction of sp³-hybridized carbons (Fsp3) is 0.154. The Morgan fingerprint density at radius 3 is 2.19 bits per heavy atom. The fourth-order valence-corrected chi connectivity index (χ4v) is 2.90. The monoisotopic (exact) mass is 490 g/mol. The molecule has 0 bridgehead atoms. The van der Waals surface area contributed by atoms with Gasteiger partial charge in [-0.15, -0.1) is 0 Å². The average Bonchev–Trinajstić information content (AvgIpc) is 2.89. The van der Waals surface area contributed by atoms with Gasteiger partial charge in [0.25, 0.3) is 5.91 Å². The van der Waals surface area contributed by atoms with Crippen LogP contribution in [0.1, 0.15) is 12.5 Å². The van der Waals surface area contributed by atoms with Gasteiger partial charge in [0.1, 0.15) is 17.2 Å². The number of methoxy groups -OCH3 is 1. The van der Waals surface area contributed by atoms with Gasteiger partial charge < -0.3 is 24.8 Å². The minimum absolute atomic E-state index is 0.168. The Bertz CT molecular complexity index is 1210. The summed E-state index contributed by atoms with van der Waals surface area (Å²) < 4.78 is 15.9. The molecule has 3 N–H and O–H groups in total. The summed E-state index contributed by atoms with van der Waals surface area (Å²) in [6, 6.07) is 20.3. The number of hydrogen-bond acceptors (Lipinski definition) is 7. The van der Waals surface area contributed by atoms with Crippen molar-refractivity contribution in [3.63, 3.8) is 0 Å². The molecule has 10 nitrogen and oxygen atoms in total. The maximum atomic E-state index is 12.1. The van der Waals surface area contributed by atoms with Crippen molar-refractivity contribution >= 4 is 35.3 Å². The van der Waals surface area contributed by atoms with E-state index in [1.54, 1.807) is 72.8 Å². The molecule has 3 aromatic carbocycles. The van der Waals surface area contributed by atoms with Gasteiger partial charge in [-0.25, -0.2) is 5.43 Å². The maximum Gasteiger partial charge on any atom is 0.329 e. The molecular formula is C26H26N4O6. The van der Waals surface area contributed by atoms with Crippen molar-refractivity contribution in [2.45, 2.75) is 6.92 Å². The van der Waals surface area contributed by atoms with E-state index in [0.29, 0.717) is 35.0 Å². The van der Waals surface area contributed by atoms with Gasteiger partial charge in [-0.3, -0.25) is 14.4 Å². The first-order chi connectivity index (χ1) is 17.5. The summed E-state index contributed by atoms with van der Waals surface area (Å²) in [5.41, 5.74) is 3.87. The van der Waals surface area contributed by atoms with Crippen molar-refractivity contribution in [2.24, 2.45) is 5.10 Å². The zero-order chi connectivity index (χ0) is 25.8. The number of amides is 3. The first-order valence-corrected chi connectivity index (χ1v) is 11.0. The normalized spacial score (nSPS) is 10.4. The van der Waals surface area contributed by atoms with Crippen LogP contribution in [0.4, 0.5) is 11.4 Å². The van der Waals surface area contributed by atoms with E-state index in [0.717, 1.165) is 5.75 Å². The van der Waals surface area contributed by atoms with Gasteiger partial charge in [0.15, 0.2) is 6.61 Å². The molecule has 3 aromatic rings. The molecule has 0 aliphatic carbocycles. The molecule has 0 fully saturated rings. The summed E-state index contributed by atoms with van der Waals surface area (Å²) in [7, 11) is 1.50. The van der Waals surface area contributed by atoms with E-state index < -0.39 is 11.8 Å². The molecule has 10 heteroatoms. The third kappa shape index (κ3) is 8.17. The summed E-state index contributed by atoms with van der Waals surface area (Å²) in [4.78, 5) is 36.0. The van der Waals surface area contributed by atoms with Crippen molar-refractivity contribution in [3.05, 3.63) is 78.4 Å². The maximum absolute atomic E-state index is 12.1. The van der Waals surface area contributed by atoms with Gasteiger partial charge in [0, 0.05) is 17.4 Å². The van der Waals surface area contributed by atoms with Crippen LogP contribution in [0.5, 0.6) is 17.2 Å². The first-order valence-electron chi connectivity index (χ1n) is 11.0. The summed E-state index contributed by atoms with van der Waals surface area (Å²) in [6.45, 7) is 2.30. The molecule has 3 amide bonds. The van der Waals surface area contributed by atoms with Crippen LogP contribution in [0.2, 0.25) is 0 Å². The second kappa shape index (κ2) is 13.1. The second-order valence-corrected chi connectivity index (χ2v) is 7.25. The lowest BCUT2D eigenvalue weighted by Crippen LogP contribution is -2.32. The molecule has 0 atom stereocenters. The Hall–Kier alpha value is -4.86. The van der Waals surface area contributed by atoms with Crippen LogP contribution in [0.3, 0.4) is 0 Å². The Labute approximate surface area is 208 Å². The number of ether oxygens (including phenoxy) is 3. The van der Waals surface area contributed by atoms with Crippen molar-refractivity contribution in [2.75, 3.05) is 31.0 Å². The predicted octanol–water partition coefficient (Wildman–Crippen LogP) is 3.20. The topological polar surface area (TPSA) is 127 Å². The fourth-order valence-electron chi connectivity index (χ4n) is 2.90. The van der Waals surface area contributed by atoms with Crippen molar-refractivity contribution in [1.29, 1.82) is 0 Å². The van der Waals surface area contributed by atoms with Crippen LogP contribution < -0.4 is 30.3 Å². The van der Waals surface area contributed by atoms with E-state index in [4.69, 9.17) is 14.2 Å². The highest BCUT2D eigenvalue weighted by Gasteiger charge is 2.13. The van der Waals surface area contributed by atoms with Crippen LogP contribution in [0.25, 0.3) is 0 Å². The Kier molecular flexibility index (Phi) is 9.40. The summed E-state index contributed by atoms with van der Waals surface area (Å²) >= 11 is 0. The zero-order valence-corrected chi connectivity index (χ0v) is 19.8. The number of carbonyl (C=O) groups is 3. The molecule has 0 radical (unpaired) electrons. The van der Waals surface area contributed by atoms with E-state index in [-0.39, 0.29) is 12.5 Å². The minimum atomic E-state index is -0.924. The van der Waals surface area contributed by atoms with Crippen LogP contribution in [-0.2, 0) is 14.4 Å². The minimum Gasteiger partial charge on any atom is -0.497 e. The molecule has 0 saturated heterocycles. The predicted molar refractivity (Wildman–Crippen MR) is 136 cm³/mol. The molecule has 0 aliphatic rings. The quantitative estimate of drug-likeness (QED) is 0.228. The molecule has 36 heavy (non-hydrogen) atoms. The van der Waals surface area contributed by atoms with Gasteiger partial charge in [-0.05, 0) is 73.2 Å². The number of benzene rings is 3. The molecule has 0 saturated carbocycles. The van der Waals surface area contributed by atoms with E-state index in [9.17, 15) is 14.4 Å². The molecule has 0 aromatic heterocycles. The van der Waals surface area contributed by atoms with E-state index in [2.05, 4.69) is 21.2 Å². The molecule has 0 heterocycles. The van der Waals surface area contributed by atoms with Gasteiger partial charge >= 0.3 is 11.8 Å². The Morgan fingerprint density at radius 1 is 0.806 bits per heavy atom. The number of anilines is 2. The lowest BCUT2D eigenvalue weighted by molar-refractivity contribution is -0.136. The van der Waals surface area contributed by atoms with Crippen LogP contribution in [0, 0.1) is 0 Å². The Morgan fingerprint density at radius 2 is 1.50 bits per heavy atom. The number of hydrazone groups is 1.